The first-order chi connectivity index (χ1) is 12.1. The van der Waals surface area contributed by atoms with E-state index in [1.165, 1.54) is 12.3 Å². The fraction of sp³-hybridized carbons (Fsp3) is 0.278. The van der Waals surface area contributed by atoms with Gasteiger partial charge in [-0.3, -0.25) is 14.6 Å². The Bertz CT molecular complexity index is 737. The molecule has 132 valence electrons. The monoisotopic (exact) mass is 361 g/mol. The van der Waals surface area contributed by atoms with Crippen molar-refractivity contribution in [3.8, 4) is 0 Å². The van der Waals surface area contributed by atoms with Crippen LogP contribution in [0.5, 0.6) is 0 Å². The summed E-state index contributed by atoms with van der Waals surface area (Å²) < 4.78 is 4.87. The third-order valence-corrected chi connectivity index (χ3v) is 3.67. The van der Waals surface area contributed by atoms with Gasteiger partial charge in [-0.05, 0) is 36.2 Å². The van der Waals surface area contributed by atoms with E-state index in [0.29, 0.717) is 36.7 Å². The number of nitrogens with one attached hydrogen (secondary N) is 2. The highest BCUT2D eigenvalue weighted by atomic mass is 35.5. The Labute approximate surface area is 151 Å². The van der Waals surface area contributed by atoms with E-state index in [1.54, 1.807) is 19.2 Å². The standard InChI is InChI=1S/C18H20ClN3O3/c1-25-10-9-22-18(24)16-12-14(6-8-20-16)17(23)21-7-5-13-3-2-4-15(19)11-13/h2-4,6,8,11-12H,5,7,9-10H2,1H3,(H,21,23)(H,22,24). The van der Waals surface area contributed by atoms with Crippen LogP contribution in [-0.4, -0.2) is 43.6 Å². The molecule has 0 saturated carbocycles. The normalized spacial score (nSPS) is 10.3. The molecule has 2 N–H and O–H groups in total. The second kappa shape index (κ2) is 9.76. The minimum Gasteiger partial charge on any atom is -0.383 e. The molecular weight excluding hydrogens is 342 g/mol. The van der Waals surface area contributed by atoms with Crippen molar-refractivity contribution in [1.82, 2.24) is 15.6 Å². The largest absolute Gasteiger partial charge is 0.383 e. The molecule has 2 rings (SSSR count). The summed E-state index contributed by atoms with van der Waals surface area (Å²) in [5.74, 6) is -0.596. The maximum Gasteiger partial charge on any atom is 0.269 e. The number of aromatic nitrogens is 1. The number of carbonyl (C=O) groups is 2. The van der Waals surface area contributed by atoms with Gasteiger partial charge in [0, 0.05) is 37.0 Å². The van der Waals surface area contributed by atoms with Crippen LogP contribution in [0.4, 0.5) is 0 Å². The van der Waals surface area contributed by atoms with E-state index in [4.69, 9.17) is 16.3 Å². The number of amides is 2. The van der Waals surface area contributed by atoms with Gasteiger partial charge >= 0.3 is 0 Å². The summed E-state index contributed by atoms with van der Waals surface area (Å²) in [6, 6.07) is 10.5. The molecule has 0 bridgehead atoms. The Morgan fingerprint density at radius 3 is 2.68 bits per heavy atom. The third-order valence-electron chi connectivity index (χ3n) is 3.43. The summed E-state index contributed by atoms with van der Waals surface area (Å²) in [5, 5.41) is 6.16. The van der Waals surface area contributed by atoms with Gasteiger partial charge in [0.25, 0.3) is 11.8 Å². The van der Waals surface area contributed by atoms with E-state index in [1.807, 2.05) is 18.2 Å². The van der Waals surface area contributed by atoms with Gasteiger partial charge in [-0.15, -0.1) is 0 Å². The van der Waals surface area contributed by atoms with Crippen LogP contribution in [-0.2, 0) is 11.2 Å². The summed E-state index contributed by atoms with van der Waals surface area (Å²) in [4.78, 5) is 28.2. The van der Waals surface area contributed by atoms with Gasteiger partial charge in [-0.1, -0.05) is 23.7 Å². The summed E-state index contributed by atoms with van der Waals surface area (Å²) in [6.45, 7) is 1.26. The van der Waals surface area contributed by atoms with E-state index >= 15 is 0 Å². The number of benzene rings is 1. The number of pyridine rings is 1. The zero-order valence-electron chi connectivity index (χ0n) is 13.9. The molecule has 1 heterocycles. The molecule has 2 aromatic rings. The molecule has 1 aromatic carbocycles. The van der Waals surface area contributed by atoms with Crippen molar-refractivity contribution >= 4 is 23.4 Å². The Kier molecular flexibility index (Phi) is 7.37. The fourth-order valence-corrected chi connectivity index (χ4v) is 2.38. The molecule has 25 heavy (non-hydrogen) atoms. The smallest absolute Gasteiger partial charge is 0.269 e. The quantitative estimate of drug-likeness (QED) is 0.705. The number of rotatable bonds is 8. The van der Waals surface area contributed by atoms with Crippen molar-refractivity contribution in [2.45, 2.75) is 6.42 Å². The molecule has 2 amide bonds. The Balaban J connectivity index is 1.88. The van der Waals surface area contributed by atoms with E-state index < -0.39 is 0 Å². The number of halogens is 1. The predicted molar refractivity (Wildman–Crippen MR) is 95.9 cm³/mol. The van der Waals surface area contributed by atoms with Gasteiger partial charge < -0.3 is 15.4 Å². The van der Waals surface area contributed by atoms with Crippen molar-refractivity contribution in [2.24, 2.45) is 0 Å². The van der Waals surface area contributed by atoms with Crippen molar-refractivity contribution in [3.05, 3.63) is 64.4 Å². The minimum atomic E-state index is -0.342. The SMILES string of the molecule is COCCNC(=O)c1cc(C(=O)NCCc2cccc(Cl)c2)ccn1. The minimum absolute atomic E-state index is 0.193. The topological polar surface area (TPSA) is 80.3 Å². The van der Waals surface area contributed by atoms with Crippen molar-refractivity contribution < 1.29 is 14.3 Å². The van der Waals surface area contributed by atoms with Crippen molar-refractivity contribution in [2.75, 3.05) is 26.8 Å². The highest BCUT2D eigenvalue weighted by Crippen LogP contribution is 2.10. The molecule has 0 spiro atoms. The lowest BCUT2D eigenvalue weighted by Gasteiger charge is -2.07. The molecule has 0 radical (unpaired) electrons. The van der Waals surface area contributed by atoms with Crippen LogP contribution < -0.4 is 10.6 Å². The molecule has 0 aliphatic carbocycles. The fourth-order valence-electron chi connectivity index (χ4n) is 2.17. The van der Waals surface area contributed by atoms with E-state index in [-0.39, 0.29) is 17.5 Å². The lowest BCUT2D eigenvalue weighted by Crippen LogP contribution is -2.29. The molecule has 1 aromatic heterocycles. The van der Waals surface area contributed by atoms with Gasteiger partial charge in [0.1, 0.15) is 5.69 Å². The molecule has 6 nitrogen and oxygen atoms in total. The predicted octanol–water partition coefficient (Wildman–Crippen LogP) is 2.08. The van der Waals surface area contributed by atoms with Gasteiger partial charge in [-0.25, -0.2) is 0 Å². The van der Waals surface area contributed by atoms with Crippen LogP contribution in [0.25, 0.3) is 0 Å². The summed E-state index contributed by atoms with van der Waals surface area (Å²) in [5.41, 5.74) is 1.62. The van der Waals surface area contributed by atoms with E-state index in [2.05, 4.69) is 15.6 Å². The second-order valence-electron chi connectivity index (χ2n) is 5.31. The van der Waals surface area contributed by atoms with Gasteiger partial charge in [0.2, 0.25) is 0 Å². The zero-order chi connectivity index (χ0) is 18.1. The van der Waals surface area contributed by atoms with E-state index in [9.17, 15) is 9.59 Å². The average molecular weight is 362 g/mol. The first-order valence-electron chi connectivity index (χ1n) is 7.86. The third kappa shape index (κ3) is 6.17. The van der Waals surface area contributed by atoms with Gasteiger partial charge in [-0.2, -0.15) is 0 Å². The van der Waals surface area contributed by atoms with E-state index in [0.717, 1.165) is 5.56 Å². The molecular formula is C18H20ClN3O3. The Morgan fingerprint density at radius 2 is 1.92 bits per heavy atom. The van der Waals surface area contributed by atoms with Crippen molar-refractivity contribution in [1.29, 1.82) is 0 Å². The number of ether oxygens (including phenoxy) is 1. The van der Waals surface area contributed by atoms with Crippen LogP contribution in [0, 0.1) is 0 Å². The number of nitrogens with zero attached hydrogens (tertiary/aromatic N) is 1. The Hall–Kier alpha value is -2.44. The highest BCUT2D eigenvalue weighted by molar-refractivity contribution is 6.30. The molecule has 0 aliphatic heterocycles. The van der Waals surface area contributed by atoms with Crippen LogP contribution >= 0.6 is 11.6 Å². The van der Waals surface area contributed by atoms with Crippen LogP contribution in [0.3, 0.4) is 0 Å². The molecule has 7 heteroatoms. The number of hydrogen-bond donors (Lipinski definition) is 2. The maximum absolute atomic E-state index is 12.2. The average Bonchev–Trinajstić information content (AvgIpc) is 2.62. The summed E-state index contributed by atoms with van der Waals surface area (Å²) in [7, 11) is 1.55. The molecule has 0 fully saturated rings. The maximum atomic E-state index is 12.2. The second-order valence-corrected chi connectivity index (χ2v) is 5.75. The van der Waals surface area contributed by atoms with Gasteiger partial charge in [0.15, 0.2) is 0 Å². The molecule has 0 atom stereocenters. The van der Waals surface area contributed by atoms with Crippen molar-refractivity contribution in [3.63, 3.8) is 0 Å². The Morgan fingerprint density at radius 1 is 1.12 bits per heavy atom. The van der Waals surface area contributed by atoms with Crippen LogP contribution in [0.1, 0.15) is 26.4 Å². The van der Waals surface area contributed by atoms with Gasteiger partial charge in [0.05, 0.1) is 6.61 Å². The molecule has 0 aliphatic rings. The zero-order valence-corrected chi connectivity index (χ0v) is 14.7. The number of hydrogen-bond acceptors (Lipinski definition) is 4. The van der Waals surface area contributed by atoms with Crippen LogP contribution in [0.2, 0.25) is 5.02 Å². The lowest BCUT2D eigenvalue weighted by molar-refractivity contribution is 0.0932. The summed E-state index contributed by atoms with van der Waals surface area (Å²) in [6.07, 6.45) is 2.11. The molecule has 0 saturated heterocycles. The number of carbonyl (C=O) groups excluding carboxylic acids is 2. The summed E-state index contributed by atoms with van der Waals surface area (Å²) >= 11 is 5.93. The first kappa shape index (κ1) is 18.9. The highest BCUT2D eigenvalue weighted by Gasteiger charge is 2.11. The lowest BCUT2D eigenvalue weighted by atomic mass is 10.1. The first-order valence-corrected chi connectivity index (χ1v) is 8.24. The number of methoxy groups -OCH3 is 1. The van der Waals surface area contributed by atoms with Crippen LogP contribution in [0.15, 0.2) is 42.6 Å². The molecule has 0 unspecified atom stereocenters.